The molecule has 0 fully saturated rings. The molecule has 0 aromatic heterocycles. The third kappa shape index (κ3) is 3.97. The van der Waals surface area contributed by atoms with Gasteiger partial charge >= 0.3 is 0 Å². The van der Waals surface area contributed by atoms with Crippen molar-refractivity contribution in [1.29, 1.82) is 0 Å². The molecule has 0 radical (unpaired) electrons. The second kappa shape index (κ2) is 7.67. The van der Waals surface area contributed by atoms with Gasteiger partial charge in [0.1, 0.15) is 5.75 Å². The molecule has 0 amide bonds. The number of rotatable bonds is 7. The van der Waals surface area contributed by atoms with Crippen molar-refractivity contribution in [1.82, 2.24) is 0 Å². The average molecular weight is 286 g/mol. The summed E-state index contributed by atoms with van der Waals surface area (Å²) >= 11 is 0. The maximum absolute atomic E-state index is 5.95. The van der Waals surface area contributed by atoms with E-state index in [-0.39, 0.29) is 6.04 Å². The molecule has 0 aliphatic carbocycles. The summed E-state index contributed by atoms with van der Waals surface area (Å²) in [6.45, 7) is 1.07. The zero-order valence-electron chi connectivity index (χ0n) is 12.5. The van der Waals surface area contributed by atoms with Gasteiger partial charge in [0.25, 0.3) is 0 Å². The van der Waals surface area contributed by atoms with Gasteiger partial charge in [0.2, 0.25) is 0 Å². The Hall–Kier alpha value is -2.04. The summed E-state index contributed by atoms with van der Waals surface area (Å²) in [5, 5.41) is 3.46. The summed E-state index contributed by atoms with van der Waals surface area (Å²) in [6.07, 6.45) is 0. The molecule has 4 nitrogen and oxygen atoms in total. The number of nitrogens with one attached hydrogen (secondary N) is 1. The molecule has 0 saturated carbocycles. The lowest BCUT2D eigenvalue weighted by atomic mass is 10.0. The highest BCUT2D eigenvalue weighted by atomic mass is 16.5. The smallest absolute Gasteiger partial charge is 0.120 e. The van der Waals surface area contributed by atoms with Crippen LogP contribution in [0, 0.1) is 0 Å². The molecule has 3 N–H and O–H groups in total. The quantitative estimate of drug-likeness (QED) is 0.821. The van der Waals surface area contributed by atoms with Crippen molar-refractivity contribution >= 4 is 5.69 Å². The highest BCUT2D eigenvalue weighted by Gasteiger charge is 2.13. The molecule has 1 unspecified atom stereocenters. The van der Waals surface area contributed by atoms with Crippen molar-refractivity contribution in [2.45, 2.75) is 12.6 Å². The Kier molecular flexibility index (Phi) is 5.60. The Balaban J connectivity index is 2.23. The van der Waals surface area contributed by atoms with Crippen molar-refractivity contribution in [2.24, 2.45) is 5.73 Å². The summed E-state index contributed by atoms with van der Waals surface area (Å²) in [5.41, 5.74) is 9.24. The van der Waals surface area contributed by atoms with Gasteiger partial charge in [-0.1, -0.05) is 30.3 Å². The lowest BCUT2D eigenvalue weighted by molar-refractivity contribution is 0.184. The van der Waals surface area contributed by atoms with E-state index in [1.165, 1.54) is 0 Å². The second-order valence-corrected chi connectivity index (χ2v) is 4.80. The van der Waals surface area contributed by atoms with Gasteiger partial charge in [0, 0.05) is 25.4 Å². The van der Waals surface area contributed by atoms with Crippen molar-refractivity contribution in [3.63, 3.8) is 0 Å². The Morgan fingerprint density at radius 2 is 1.90 bits per heavy atom. The maximum atomic E-state index is 5.95. The monoisotopic (exact) mass is 286 g/mol. The summed E-state index contributed by atoms with van der Waals surface area (Å²) in [7, 11) is 3.36. The van der Waals surface area contributed by atoms with E-state index >= 15 is 0 Å². The Morgan fingerprint density at radius 1 is 1.10 bits per heavy atom. The van der Waals surface area contributed by atoms with E-state index in [2.05, 4.69) is 17.4 Å². The molecule has 2 aromatic carbocycles. The Labute approximate surface area is 125 Å². The molecule has 2 aromatic rings. The van der Waals surface area contributed by atoms with E-state index in [0.717, 1.165) is 22.6 Å². The van der Waals surface area contributed by atoms with Crippen molar-refractivity contribution in [2.75, 3.05) is 26.1 Å². The lowest BCUT2D eigenvalue weighted by Crippen LogP contribution is -2.22. The summed E-state index contributed by atoms with van der Waals surface area (Å²) in [5.74, 6) is 0.820. The minimum absolute atomic E-state index is 0.0310. The molecule has 112 valence electrons. The number of ether oxygens (including phenoxy) is 2. The second-order valence-electron chi connectivity index (χ2n) is 4.80. The molecule has 2 rings (SSSR count). The molecular formula is C17H22N2O2. The summed E-state index contributed by atoms with van der Waals surface area (Å²) < 4.78 is 10.5. The number of benzene rings is 2. The van der Waals surface area contributed by atoms with E-state index in [1.807, 2.05) is 36.4 Å². The third-order valence-corrected chi connectivity index (χ3v) is 3.38. The van der Waals surface area contributed by atoms with E-state index < -0.39 is 0 Å². The number of methoxy groups -OCH3 is 2. The molecule has 0 aliphatic heterocycles. The molecule has 21 heavy (non-hydrogen) atoms. The molecule has 1 atom stereocenters. The Morgan fingerprint density at radius 3 is 2.62 bits per heavy atom. The number of hydrogen-bond donors (Lipinski definition) is 2. The molecule has 0 aliphatic rings. The van der Waals surface area contributed by atoms with Gasteiger partial charge in [-0.3, -0.25) is 0 Å². The highest BCUT2D eigenvalue weighted by molar-refractivity contribution is 5.50. The van der Waals surface area contributed by atoms with Gasteiger partial charge in [-0.15, -0.1) is 0 Å². The highest BCUT2D eigenvalue weighted by Crippen LogP contribution is 2.24. The van der Waals surface area contributed by atoms with Crippen LogP contribution in [0.15, 0.2) is 48.5 Å². The average Bonchev–Trinajstić information content (AvgIpc) is 2.54. The topological polar surface area (TPSA) is 56.5 Å². The van der Waals surface area contributed by atoms with Gasteiger partial charge in [-0.25, -0.2) is 0 Å². The van der Waals surface area contributed by atoms with Gasteiger partial charge in [0.05, 0.1) is 19.8 Å². The SMILES string of the molecule is COCc1ccccc1C(CN)Nc1cccc(OC)c1. The van der Waals surface area contributed by atoms with Crippen LogP contribution >= 0.6 is 0 Å². The lowest BCUT2D eigenvalue weighted by Gasteiger charge is -2.21. The van der Waals surface area contributed by atoms with Crippen LogP contribution in [-0.4, -0.2) is 20.8 Å². The minimum atomic E-state index is 0.0310. The third-order valence-electron chi connectivity index (χ3n) is 3.38. The van der Waals surface area contributed by atoms with Crippen LogP contribution in [0.25, 0.3) is 0 Å². The molecular weight excluding hydrogens is 264 g/mol. The van der Waals surface area contributed by atoms with Crippen molar-refractivity contribution in [3.05, 3.63) is 59.7 Å². The first kappa shape index (κ1) is 15.4. The largest absolute Gasteiger partial charge is 0.497 e. The van der Waals surface area contributed by atoms with Crippen molar-refractivity contribution < 1.29 is 9.47 Å². The predicted octanol–water partition coefficient (Wildman–Crippen LogP) is 2.95. The Bertz CT molecular complexity index is 572. The molecule has 0 bridgehead atoms. The predicted molar refractivity (Wildman–Crippen MR) is 85.6 cm³/mol. The molecule has 0 saturated heterocycles. The van der Waals surface area contributed by atoms with Crippen LogP contribution in [0.4, 0.5) is 5.69 Å². The van der Waals surface area contributed by atoms with Crippen LogP contribution in [0.5, 0.6) is 5.75 Å². The standard InChI is InChI=1S/C17H22N2O2/c1-20-12-13-6-3-4-9-16(13)17(11-18)19-14-7-5-8-15(10-14)21-2/h3-10,17,19H,11-12,18H2,1-2H3. The molecule has 0 heterocycles. The van der Waals surface area contributed by atoms with Gasteiger partial charge in [-0.2, -0.15) is 0 Å². The minimum Gasteiger partial charge on any atom is -0.497 e. The first-order valence-electron chi connectivity index (χ1n) is 6.96. The van der Waals surface area contributed by atoms with Crippen LogP contribution in [-0.2, 0) is 11.3 Å². The summed E-state index contributed by atoms with van der Waals surface area (Å²) in [4.78, 5) is 0. The summed E-state index contributed by atoms with van der Waals surface area (Å²) in [6, 6.07) is 16.0. The normalized spacial score (nSPS) is 12.0. The van der Waals surface area contributed by atoms with E-state index in [0.29, 0.717) is 13.2 Å². The van der Waals surface area contributed by atoms with Gasteiger partial charge < -0.3 is 20.5 Å². The molecule has 0 spiro atoms. The van der Waals surface area contributed by atoms with E-state index in [9.17, 15) is 0 Å². The van der Waals surface area contributed by atoms with Crippen LogP contribution < -0.4 is 15.8 Å². The number of anilines is 1. The van der Waals surface area contributed by atoms with Crippen LogP contribution in [0.2, 0.25) is 0 Å². The fraction of sp³-hybridized carbons (Fsp3) is 0.294. The fourth-order valence-corrected chi connectivity index (χ4v) is 2.34. The molecule has 4 heteroatoms. The first-order valence-corrected chi connectivity index (χ1v) is 6.96. The van der Waals surface area contributed by atoms with E-state index in [1.54, 1.807) is 14.2 Å². The van der Waals surface area contributed by atoms with Crippen LogP contribution in [0.3, 0.4) is 0 Å². The first-order chi connectivity index (χ1) is 10.3. The maximum Gasteiger partial charge on any atom is 0.120 e. The van der Waals surface area contributed by atoms with Crippen molar-refractivity contribution in [3.8, 4) is 5.75 Å². The van der Waals surface area contributed by atoms with Crippen LogP contribution in [0.1, 0.15) is 17.2 Å². The fourth-order valence-electron chi connectivity index (χ4n) is 2.34. The zero-order chi connectivity index (χ0) is 15.1. The van der Waals surface area contributed by atoms with Gasteiger partial charge in [-0.05, 0) is 23.3 Å². The van der Waals surface area contributed by atoms with Gasteiger partial charge in [0.15, 0.2) is 0 Å². The number of nitrogens with two attached hydrogens (primary N) is 1. The zero-order valence-corrected chi connectivity index (χ0v) is 12.5. The number of hydrogen-bond acceptors (Lipinski definition) is 4. The van der Waals surface area contributed by atoms with E-state index in [4.69, 9.17) is 15.2 Å².